The zero-order chi connectivity index (χ0) is 15.5. The molecule has 2 aromatic carbocycles. The molecule has 22 heavy (non-hydrogen) atoms. The molecule has 5 heteroatoms. The molecule has 3 rings (SSSR count). The van der Waals surface area contributed by atoms with Crippen LogP contribution in [-0.4, -0.2) is 22.2 Å². The molecule has 1 aromatic heterocycles. The fourth-order valence-corrected chi connectivity index (χ4v) is 2.32. The molecule has 0 bridgehead atoms. The summed E-state index contributed by atoms with van der Waals surface area (Å²) in [5.41, 5.74) is 6.62. The van der Waals surface area contributed by atoms with E-state index in [4.69, 9.17) is 4.74 Å². The number of nitrogens with one attached hydrogen (secondary N) is 1. The normalized spacial score (nSPS) is 10.6. The van der Waals surface area contributed by atoms with Crippen molar-refractivity contribution in [3.63, 3.8) is 0 Å². The predicted molar refractivity (Wildman–Crippen MR) is 85.5 cm³/mol. The molecule has 112 valence electrons. The van der Waals surface area contributed by atoms with Gasteiger partial charge in [-0.2, -0.15) is 0 Å². The number of ether oxygens (including phenoxy) is 1. The Morgan fingerprint density at radius 2 is 2.05 bits per heavy atom. The lowest BCUT2D eigenvalue weighted by molar-refractivity contribution is -0.119. The summed E-state index contributed by atoms with van der Waals surface area (Å²) in [7, 11) is 0. The van der Waals surface area contributed by atoms with Gasteiger partial charge in [-0.1, -0.05) is 29.8 Å². The number of benzene rings is 2. The van der Waals surface area contributed by atoms with E-state index in [1.54, 1.807) is 11.0 Å². The molecular formula is C17H17N3O2. The van der Waals surface area contributed by atoms with Crippen LogP contribution >= 0.6 is 0 Å². The van der Waals surface area contributed by atoms with Crippen LogP contribution in [0.3, 0.4) is 0 Å². The van der Waals surface area contributed by atoms with Crippen molar-refractivity contribution in [2.75, 3.05) is 12.0 Å². The number of aryl methyl sites for hydroxylation is 2. The minimum atomic E-state index is -0.233. The molecule has 0 saturated heterocycles. The van der Waals surface area contributed by atoms with Crippen LogP contribution in [0.5, 0.6) is 5.75 Å². The Morgan fingerprint density at radius 3 is 2.86 bits per heavy atom. The number of rotatable bonds is 4. The van der Waals surface area contributed by atoms with Crippen molar-refractivity contribution in [2.24, 2.45) is 0 Å². The van der Waals surface area contributed by atoms with Gasteiger partial charge in [0.05, 0.1) is 11.0 Å². The molecule has 1 amide bonds. The van der Waals surface area contributed by atoms with Gasteiger partial charge in [0.1, 0.15) is 12.1 Å². The first kappa shape index (κ1) is 14.1. The highest BCUT2D eigenvalue weighted by Gasteiger charge is 2.07. The molecular weight excluding hydrogens is 278 g/mol. The Hall–Kier alpha value is -2.82. The highest BCUT2D eigenvalue weighted by Crippen LogP contribution is 2.18. The second-order valence-corrected chi connectivity index (χ2v) is 5.20. The van der Waals surface area contributed by atoms with Crippen molar-refractivity contribution >= 4 is 16.9 Å². The van der Waals surface area contributed by atoms with Crippen molar-refractivity contribution in [2.45, 2.75) is 13.8 Å². The lowest BCUT2D eigenvalue weighted by atomic mass is 10.1. The monoisotopic (exact) mass is 295 g/mol. The Balaban J connectivity index is 1.65. The number of imidazole rings is 1. The first-order valence-electron chi connectivity index (χ1n) is 7.05. The summed E-state index contributed by atoms with van der Waals surface area (Å²) in [4.78, 5) is 16.2. The average Bonchev–Trinajstić information content (AvgIpc) is 2.90. The topological polar surface area (TPSA) is 56.1 Å². The van der Waals surface area contributed by atoms with E-state index in [-0.39, 0.29) is 12.5 Å². The minimum absolute atomic E-state index is 0.0452. The number of carbonyl (C=O) groups excluding carboxylic acids is 1. The number of para-hydroxylation sites is 2. The van der Waals surface area contributed by atoms with Crippen LogP contribution in [0.2, 0.25) is 0 Å². The zero-order valence-corrected chi connectivity index (χ0v) is 12.5. The molecule has 1 heterocycles. The van der Waals surface area contributed by atoms with Crippen LogP contribution < -0.4 is 10.2 Å². The van der Waals surface area contributed by atoms with Gasteiger partial charge >= 0.3 is 0 Å². The average molecular weight is 295 g/mol. The lowest BCUT2D eigenvalue weighted by Crippen LogP contribution is -2.27. The third-order valence-corrected chi connectivity index (χ3v) is 3.39. The highest BCUT2D eigenvalue weighted by molar-refractivity contribution is 5.87. The minimum Gasteiger partial charge on any atom is -0.483 e. The third-order valence-electron chi connectivity index (χ3n) is 3.39. The van der Waals surface area contributed by atoms with Crippen LogP contribution in [0, 0.1) is 13.8 Å². The number of hydrogen-bond donors (Lipinski definition) is 1. The maximum absolute atomic E-state index is 12.0. The van der Waals surface area contributed by atoms with Crippen LogP contribution in [0.1, 0.15) is 11.1 Å². The first-order valence-corrected chi connectivity index (χ1v) is 7.05. The largest absolute Gasteiger partial charge is 0.483 e. The number of aromatic nitrogens is 2. The quantitative estimate of drug-likeness (QED) is 0.805. The fourth-order valence-electron chi connectivity index (χ4n) is 2.32. The summed E-state index contributed by atoms with van der Waals surface area (Å²) in [5, 5.41) is 0. The van der Waals surface area contributed by atoms with Crippen molar-refractivity contribution < 1.29 is 9.53 Å². The van der Waals surface area contributed by atoms with E-state index in [2.05, 4.69) is 10.4 Å². The molecule has 0 saturated carbocycles. The van der Waals surface area contributed by atoms with Gasteiger partial charge in [-0.25, -0.2) is 9.66 Å². The van der Waals surface area contributed by atoms with Crippen molar-refractivity contribution in [3.8, 4) is 5.75 Å². The summed E-state index contributed by atoms with van der Waals surface area (Å²) in [6.07, 6.45) is 1.58. The molecule has 0 aliphatic rings. The summed E-state index contributed by atoms with van der Waals surface area (Å²) in [5.74, 6) is 0.486. The van der Waals surface area contributed by atoms with Crippen molar-refractivity contribution in [1.82, 2.24) is 9.66 Å². The summed E-state index contributed by atoms with van der Waals surface area (Å²) >= 11 is 0. The number of hydrogen-bond acceptors (Lipinski definition) is 3. The summed E-state index contributed by atoms with van der Waals surface area (Å²) in [6.45, 7) is 3.94. The van der Waals surface area contributed by atoms with E-state index in [1.165, 1.54) is 5.56 Å². The van der Waals surface area contributed by atoms with Gasteiger partial charge in [0, 0.05) is 0 Å². The Labute approximate surface area is 128 Å². The highest BCUT2D eigenvalue weighted by atomic mass is 16.5. The standard InChI is InChI=1S/C17H17N3O2/c1-12-7-8-16(13(2)9-12)22-10-17(21)19-20-11-18-14-5-3-4-6-15(14)20/h3-9,11H,10H2,1-2H3,(H,19,21). The first-order chi connectivity index (χ1) is 10.6. The van der Waals surface area contributed by atoms with Gasteiger partial charge in [-0.3, -0.25) is 10.2 Å². The van der Waals surface area contributed by atoms with Gasteiger partial charge in [-0.15, -0.1) is 0 Å². The van der Waals surface area contributed by atoms with E-state index in [0.717, 1.165) is 22.3 Å². The fraction of sp³-hybridized carbons (Fsp3) is 0.176. The van der Waals surface area contributed by atoms with E-state index in [0.29, 0.717) is 0 Å². The Bertz CT molecular complexity index is 824. The van der Waals surface area contributed by atoms with Crippen molar-refractivity contribution in [3.05, 3.63) is 59.9 Å². The maximum atomic E-state index is 12.0. The number of amides is 1. The van der Waals surface area contributed by atoms with E-state index in [9.17, 15) is 4.79 Å². The van der Waals surface area contributed by atoms with Crippen molar-refractivity contribution in [1.29, 1.82) is 0 Å². The van der Waals surface area contributed by atoms with Crippen LogP contribution in [0.15, 0.2) is 48.8 Å². The molecule has 0 spiro atoms. The molecule has 0 unspecified atom stereocenters. The van der Waals surface area contributed by atoms with Gasteiger partial charge in [-0.05, 0) is 37.6 Å². The number of nitrogens with zero attached hydrogens (tertiary/aromatic N) is 2. The number of carbonyl (C=O) groups is 1. The van der Waals surface area contributed by atoms with Crippen LogP contribution in [-0.2, 0) is 4.79 Å². The van der Waals surface area contributed by atoms with Gasteiger partial charge in [0.15, 0.2) is 6.61 Å². The van der Waals surface area contributed by atoms with E-state index in [1.807, 2.05) is 56.3 Å². The summed E-state index contributed by atoms with van der Waals surface area (Å²) in [6, 6.07) is 13.5. The van der Waals surface area contributed by atoms with E-state index < -0.39 is 0 Å². The Morgan fingerprint density at radius 1 is 1.23 bits per heavy atom. The van der Waals surface area contributed by atoms with Crippen LogP contribution in [0.4, 0.5) is 0 Å². The molecule has 0 aliphatic heterocycles. The van der Waals surface area contributed by atoms with Gasteiger partial charge in [0.2, 0.25) is 0 Å². The molecule has 0 radical (unpaired) electrons. The second kappa shape index (κ2) is 5.89. The lowest BCUT2D eigenvalue weighted by Gasteiger charge is -2.10. The molecule has 3 aromatic rings. The Kier molecular flexibility index (Phi) is 3.78. The number of fused-ring (bicyclic) bond motifs is 1. The predicted octanol–water partition coefficient (Wildman–Crippen LogP) is 2.80. The summed E-state index contributed by atoms with van der Waals surface area (Å²) < 4.78 is 7.17. The third kappa shape index (κ3) is 2.93. The SMILES string of the molecule is Cc1ccc(OCC(=O)Nn2cnc3ccccc32)c(C)c1. The molecule has 5 nitrogen and oxygen atoms in total. The zero-order valence-electron chi connectivity index (χ0n) is 12.5. The molecule has 0 atom stereocenters. The van der Waals surface area contributed by atoms with Gasteiger partial charge < -0.3 is 4.74 Å². The molecule has 0 aliphatic carbocycles. The smallest absolute Gasteiger partial charge is 0.276 e. The van der Waals surface area contributed by atoms with E-state index >= 15 is 0 Å². The maximum Gasteiger partial charge on any atom is 0.276 e. The molecule has 0 fully saturated rings. The van der Waals surface area contributed by atoms with Gasteiger partial charge in [0.25, 0.3) is 5.91 Å². The molecule has 1 N–H and O–H groups in total. The second-order valence-electron chi connectivity index (χ2n) is 5.20. The van der Waals surface area contributed by atoms with Crippen LogP contribution in [0.25, 0.3) is 11.0 Å².